The van der Waals surface area contributed by atoms with E-state index in [1.807, 2.05) is 0 Å². The molecule has 11 heteroatoms. The normalized spacial score (nSPS) is 31.2. The molecular formula is C23H23FN4O4S2. The first-order valence-electron chi connectivity index (χ1n) is 11.3. The topological polar surface area (TPSA) is 122 Å². The molecule has 1 aromatic heterocycles. The molecule has 6 rings (SSSR count). The molecule has 3 N–H and O–H groups in total. The molecule has 4 aliphatic rings. The van der Waals surface area contributed by atoms with Gasteiger partial charge in [-0.15, -0.1) is 15.7 Å². The molecule has 3 heterocycles. The maximum absolute atomic E-state index is 13.8. The Kier molecular flexibility index (Phi) is 4.95. The highest BCUT2D eigenvalue weighted by Crippen LogP contribution is 2.54. The van der Waals surface area contributed by atoms with Crippen molar-refractivity contribution in [3.63, 3.8) is 0 Å². The molecular weight excluding hydrogens is 479 g/mol. The number of amidine groups is 1. The van der Waals surface area contributed by atoms with Crippen molar-refractivity contribution in [1.82, 2.24) is 4.90 Å². The molecule has 5 atom stereocenters. The summed E-state index contributed by atoms with van der Waals surface area (Å²) in [7, 11) is -4.11. The highest BCUT2D eigenvalue weighted by atomic mass is 32.2. The highest BCUT2D eigenvalue weighted by Gasteiger charge is 2.60. The number of halogens is 1. The summed E-state index contributed by atoms with van der Waals surface area (Å²) in [5.41, 5.74) is 6.88. The van der Waals surface area contributed by atoms with Gasteiger partial charge in [0.2, 0.25) is 5.91 Å². The number of fused-ring (bicyclic) bond motifs is 6. The second kappa shape index (κ2) is 7.69. The van der Waals surface area contributed by atoms with Crippen LogP contribution in [0.15, 0.2) is 38.9 Å². The Balaban J connectivity index is 1.40. The van der Waals surface area contributed by atoms with Crippen LogP contribution in [0.5, 0.6) is 0 Å². The number of sulfonamides is 1. The number of amides is 1. The smallest absolute Gasteiger partial charge is 0.287 e. The Hall–Kier alpha value is -2.63. The predicted molar refractivity (Wildman–Crippen MR) is 124 cm³/mol. The van der Waals surface area contributed by atoms with Crippen LogP contribution in [0.4, 0.5) is 9.39 Å². The second-order valence-corrected chi connectivity index (χ2v) is 11.9. The quantitative estimate of drug-likeness (QED) is 0.620. The average Bonchev–Trinajstić information content (AvgIpc) is 3.52. The van der Waals surface area contributed by atoms with Gasteiger partial charge in [-0.3, -0.25) is 9.59 Å². The van der Waals surface area contributed by atoms with Crippen LogP contribution in [0.2, 0.25) is 0 Å². The number of rotatable bonds is 4. The average molecular weight is 503 g/mol. The largest absolute Gasteiger partial charge is 0.333 e. The van der Waals surface area contributed by atoms with Gasteiger partial charge in [0, 0.05) is 25.0 Å². The monoisotopic (exact) mass is 502 g/mol. The molecule has 34 heavy (non-hydrogen) atoms. The van der Waals surface area contributed by atoms with Crippen molar-refractivity contribution < 1.29 is 22.4 Å². The molecule has 3 fully saturated rings. The molecule has 0 spiro atoms. The standard InChI is InChI=1S/C23H23FN4O4S2/c24-15-5-1-11(2-6-15)9-28-18-13-4-3-12(7-13)16(18)19(29)17(23(28)30)21-26-22-20(34(31,32)27-21)14(8-25)10-33-22/h1-2,5-6,10,12-13,16-18H,3-4,7-9,25H2,(H,26,27)/t12-,13+,16?,17?,18?/m0/s1. The van der Waals surface area contributed by atoms with Gasteiger partial charge in [0.1, 0.15) is 21.5 Å². The fourth-order valence-corrected chi connectivity index (χ4v) is 8.96. The summed E-state index contributed by atoms with van der Waals surface area (Å²) in [5, 5.41) is 4.94. The van der Waals surface area contributed by atoms with Crippen molar-refractivity contribution in [2.24, 2.45) is 33.8 Å². The zero-order valence-corrected chi connectivity index (χ0v) is 19.7. The third kappa shape index (κ3) is 3.17. The number of carbonyl (C=O) groups excluding carboxylic acids is 2. The van der Waals surface area contributed by atoms with Gasteiger partial charge < -0.3 is 16.0 Å². The maximum atomic E-state index is 13.8. The number of thiophene rings is 1. The first kappa shape index (κ1) is 21.9. The zero-order valence-electron chi connectivity index (χ0n) is 18.1. The van der Waals surface area contributed by atoms with Crippen LogP contribution < -0.4 is 11.1 Å². The summed E-state index contributed by atoms with van der Waals surface area (Å²) >= 11 is 1.16. The van der Waals surface area contributed by atoms with Gasteiger partial charge in [-0.25, -0.2) is 4.39 Å². The number of anilines is 1. The predicted octanol–water partition coefficient (Wildman–Crippen LogP) is 2.50. The summed E-state index contributed by atoms with van der Waals surface area (Å²) in [5.74, 6) is -2.46. The number of benzene rings is 1. The first-order valence-corrected chi connectivity index (χ1v) is 13.6. The van der Waals surface area contributed by atoms with Crippen molar-refractivity contribution in [2.45, 2.75) is 43.3 Å². The Bertz CT molecular complexity index is 1340. The van der Waals surface area contributed by atoms with Crippen LogP contribution in [-0.4, -0.2) is 36.9 Å². The molecule has 178 valence electrons. The minimum atomic E-state index is -4.11. The summed E-state index contributed by atoms with van der Waals surface area (Å²) in [6.07, 6.45) is 2.77. The van der Waals surface area contributed by atoms with Crippen molar-refractivity contribution >= 4 is 43.9 Å². The van der Waals surface area contributed by atoms with Crippen molar-refractivity contribution in [1.29, 1.82) is 0 Å². The molecule has 2 aromatic rings. The van der Waals surface area contributed by atoms with E-state index in [0.29, 0.717) is 10.6 Å². The Labute approximate surface area is 200 Å². The number of nitrogens with zero attached hydrogens (tertiary/aromatic N) is 2. The minimum absolute atomic E-state index is 0.0143. The highest BCUT2D eigenvalue weighted by molar-refractivity contribution is 7.90. The Morgan fingerprint density at radius 2 is 1.91 bits per heavy atom. The van der Waals surface area contributed by atoms with Gasteiger partial charge in [-0.05, 0) is 59.7 Å². The zero-order chi connectivity index (χ0) is 23.8. The Morgan fingerprint density at radius 1 is 1.18 bits per heavy atom. The maximum Gasteiger partial charge on any atom is 0.287 e. The van der Waals surface area contributed by atoms with Crippen molar-refractivity contribution in [3.8, 4) is 0 Å². The summed E-state index contributed by atoms with van der Waals surface area (Å²) in [6.45, 7) is 0.270. The fourth-order valence-electron chi connectivity index (χ4n) is 6.29. The minimum Gasteiger partial charge on any atom is -0.333 e. The van der Waals surface area contributed by atoms with Crippen LogP contribution in [0.25, 0.3) is 0 Å². The van der Waals surface area contributed by atoms with E-state index in [1.165, 1.54) is 12.1 Å². The van der Waals surface area contributed by atoms with Gasteiger partial charge in [-0.1, -0.05) is 12.1 Å². The molecule has 2 aliphatic heterocycles. The number of nitrogens with one attached hydrogen (secondary N) is 1. The van der Waals surface area contributed by atoms with Gasteiger partial charge in [0.05, 0.1) is 0 Å². The summed E-state index contributed by atoms with van der Waals surface area (Å²) in [6, 6.07) is 5.73. The molecule has 1 aromatic carbocycles. The molecule has 1 saturated heterocycles. The number of hydrogen-bond acceptors (Lipinski definition) is 7. The fraction of sp³-hybridized carbons (Fsp3) is 0.435. The van der Waals surface area contributed by atoms with Crippen LogP contribution in [0, 0.1) is 29.5 Å². The molecule has 1 amide bonds. The van der Waals surface area contributed by atoms with Gasteiger partial charge in [0.15, 0.2) is 11.7 Å². The first-order chi connectivity index (χ1) is 16.3. The number of nitrogens with two attached hydrogens (primary N) is 1. The van der Waals surface area contributed by atoms with Crippen LogP contribution in [0.3, 0.4) is 0 Å². The second-order valence-electron chi connectivity index (χ2n) is 9.48. The number of likely N-dealkylation sites (tertiary alicyclic amines) is 1. The number of Topliss-reactive ketones (excluding diaryl/α,β-unsaturated/α-hetero) is 1. The summed E-state index contributed by atoms with van der Waals surface area (Å²) in [4.78, 5) is 29.2. The molecule has 8 nitrogen and oxygen atoms in total. The van der Waals surface area contributed by atoms with E-state index in [0.717, 1.165) is 36.2 Å². The number of piperidine rings is 1. The number of hydrogen-bond donors (Lipinski definition) is 2. The van der Waals surface area contributed by atoms with Gasteiger partial charge >= 0.3 is 0 Å². The van der Waals surface area contributed by atoms with E-state index < -0.39 is 21.8 Å². The van der Waals surface area contributed by atoms with Gasteiger partial charge in [0.25, 0.3) is 10.0 Å². The number of ketones is 1. The van der Waals surface area contributed by atoms with Crippen molar-refractivity contribution in [3.05, 3.63) is 46.6 Å². The lowest BCUT2D eigenvalue weighted by Gasteiger charge is -2.45. The molecule has 2 bridgehead atoms. The lowest BCUT2D eigenvalue weighted by Crippen LogP contribution is -2.61. The van der Waals surface area contributed by atoms with E-state index in [4.69, 9.17) is 5.73 Å². The van der Waals surface area contributed by atoms with E-state index >= 15 is 0 Å². The van der Waals surface area contributed by atoms with E-state index in [-0.39, 0.29) is 59.2 Å². The molecule has 2 aliphatic carbocycles. The SMILES string of the molecule is NCc1csc2c1S(=O)(=O)N=C(C1C(=O)C3C([C@@H]4CC[C@H]3C4)N(Cc3ccc(F)cc3)C1=O)N2. The lowest BCUT2D eigenvalue weighted by molar-refractivity contribution is -0.153. The third-order valence-electron chi connectivity index (χ3n) is 7.67. The van der Waals surface area contributed by atoms with Crippen LogP contribution >= 0.6 is 11.3 Å². The Morgan fingerprint density at radius 3 is 2.65 bits per heavy atom. The van der Waals surface area contributed by atoms with Crippen molar-refractivity contribution in [2.75, 3.05) is 5.32 Å². The van der Waals surface area contributed by atoms with Crippen LogP contribution in [0.1, 0.15) is 30.4 Å². The van der Waals surface area contributed by atoms with E-state index in [2.05, 4.69) is 9.71 Å². The molecule has 2 saturated carbocycles. The lowest BCUT2D eigenvalue weighted by atomic mass is 9.73. The van der Waals surface area contributed by atoms with Crippen LogP contribution in [-0.2, 0) is 32.7 Å². The molecule has 0 radical (unpaired) electrons. The van der Waals surface area contributed by atoms with E-state index in [9.17, 15) is 22.4 Å². The van der Waals surface area contributed by atoms with E-state index in [1.54, 1.807) is 22.4 Å². The third-order valence-corrected chi connectivity index (χ3v) is 10.2. The molecule has 3 unspecified atom stereocenters. The van der Waals surface area contributed by atoms with Gasteiger partial charge in [-0.2, -0.15) is 8.42 Å². The number of carbonyl (C=O) groups is 2. The summed E-state index contributed by atoms with van der Waals surface area (Å²) < 4.78 is 43.3.